The summed E-state index contributed by atoms with van der Waals surface area (Å²) in [5, 5.41) is 6.90. The highest BCUT2D eigenvalue weighted by atomic mass is 16.2. The van der Waals surface area contributed by atoms with Crippen LogP contribution in [0.4, 0.5) is 5.82 Å². The second kappa shape index (κ2) is 6.95. The summed E-state index contributed by atoms with van der Waals surface area (Å²) in [6, 6.07) is 10.1. The molecule has 0 aliphatic carbocycles. The highest BCUT2D eigenvalue weighted by Crippen LogP contribution is 2.15. The normalized spacial score (nSPS) is 11.8. The SMILES string of the molecule is Cc1cc(N)n(CC(=O)N[C@H](C(=O)N(C)C)c2ccccc2)n1. The Morgan fingerprint density at radius 2 is 1.96 bits per heavy atom. The second-order valence-corrected chi connectivity index (χ2v) is 5.51. The summed E-state index contributed by atoms with van der Waals surface area (Å²) in [7, 11) is 3.30. The molecule has 0 bridgehead atoms. The summed E-state index contributed by atoms with van der Waals surface area (Å²) in [4.78, 5) is 26.1. The summed E-state index contributed by atoms with van der Waals surface area (Å²) < 4.78 is 1.41. The minimum atomic E-state index is -0.739. The Balaban J connectivity index is 2.16. The fraction of sp³-hybridized carbons (Fsp3) is 0.312. The van der Waals surface area contributed by atoms with Crippen LogP contribution in [0.25, 0.3) is 0 Å². The number of likely N-dealkylation sites (N-methyl/N-ethyl adjacent to an activating group) is 1. The number of nitrogens with zero attached hydrogens (tertiary/aromatic N) is 3. The van der Waals surface area contributed by atoms with Gasteiger partial charge in [-0.3, -0.25) is 9.59 Å². The Kier molecular flexibility index (Phi) is 5.00. The minimum absolute atomic E-state index is 0.0380. The van der Waals surface area contributed by atoms with Crippen LogP contribution in [0.5, 0.6) is 0 Å². The molecule has 0 fully saturated rings. The zero-order valence-corrected chi connectivity index (χ0v) is 13.5. The number of rotatable bonds is 5. The molecule has 0 spiro atoms. The van der Waals surface area contributed by atoms with Gasteiger partial charge in [0.1, 0.15) is 18.4 Å². The van der Waals surface area contributed by atoms with Gasteiger partial charge < -0.3 is 16.0 Å². The van der Waals surface area contributed by atoms with Gasteiger partial charge in [0.05, 0.1) is 5.69 Å². The number of carbonyl (C=O) groups is 2. The Morgan fingerprint density at radius 3 is 2.48 bits per heavy atom. The van der Waals surface area contributed by atoms with Crippen molar-refractivity contribution < 1.29 is 9.59 Å². The number of benzene rings is 1. The first-order valence-electron chi connectivity index (χ1n) is 7.24. The summed E-state index contributed by atoms with van der Waals surface area (Å²) in [6.07, 6.45) is 0. The molecule has 3 N–H and O–H groups in total. The maximum absolute atomic E-state index is 12.4. The van der Waals surface area contributed by atoms with Gasteiger partial charge in [-0.1, -0.05) is 30.3 Å². The lowest BCUT2D eigenvalue weighted by Gasteiger charge is -2.22. The van der Waals surface area contributed by atoms with E-state index in [1.54, 1.807) is 39.2 Å². The first-order valence-corrected chi connectivity index (χ1v) is 7.24. The quantitative estimate of drug-likeness (QED) is 0.850. The molecule has 1 aromatic carbocycles. The van der Waals surface area contributed by atoms with E-state index in [0.717, 1.165) is 11.3 Å². The van der Waals surface area contributed by atoms with Gasteiger partial charge in [0.25, 0.3) is 0 Å². The Morgan fingerprint density at radius 1 is 1.30 bits per heavy atom. The highest BCUT2D eigenvalue weighted by molar-refractivity contribution is 5.88. The molecule has 1 aromatic heterocycles. The lowest BCUT2D eigenvalue weighted by atomic mass is 10.1. The third kappa shape index (κ3) is 4.09. The van der Waals surface area contributed by atoms with E-state index in [1.165, 1.54) is 9.58 Å². The molecule has 7 nitrogen and oxygen atoms in total. The van der Waals surface area contributed by atoms with E-state index in [0.29, 0.717) is 5.82 Å². The molecular formula is C16H21N5O2. The molecular weight excluding hydrogens is 294 g/mol. The maximum atomic E-state index is 12.4. The molecule has 0 radical (unpaired) electrons. The molecule has 23 heavy (non-hydrogen) atoms. The Hall–Kier alpha value is -2.83. The zero-order valence-electron chi connectivity index (χ0n) is 13.5. The third-order valence-corrected chi connectivity index (χ3v) is 3.35. The topological polar surface area (TPSA) is 93.2 Å². The van der Waals surface area contributed by atoms with Crippen molar-refractivity contribution in [1.82, 2.24) is 20.0 Å². The minimum Gasteiger partial charge on any atom is -0.384 e. The standard InChI is InChI=1S/C16H21N5O2/c1-11-9-13(17)21(19-11)10-14(22)18-15(16(23)20(2)3)12-7-5-4-6-8-12/h4-9,15H,10,17H2,1-3H3,(H,18,22)/t15-/m0/s1. The van der Waals surface area contributed by atoms with Crippen LogP contribution in [0.3, 0.4) is 0 Å². The molecule has 0 saturated heterocycles. The molecule has 0 aliphatic heterocycles. The van der Waals surface area contributed by atoms with Gasteiger partial charge in [-0.15, -0.1) is 0 Å². The number of nitrogens with two attached hydrogens (primary N) is 1. The number of amides is 2. The Labute approximate surface area is 135 Å². The van der Waals surface area contributed by atoms with Crippen LogP contribution in [0.1, 0.15) is 17.3 Å². The van der Waals surface area contributed by atoms with Crippen LogP contribution >= 0.6 is 0 Å². The molecule has 1 heterocycles. The number of aromatic nitrogens is 2. The lowest BCUT2D eigenvalue weighted by molar-refractivity contribution is -0.134. The molecule has 0 saturated carbocycles. The van der Waals surface area contributed by atoms with E-state index in [-0.39, 0.29) is 18.4 Å². The van der Waals surface area contributed by atoms with Crippen molar-refractivity contribution in [3.05, 3.63) is 47.7 Å². The van der Waals surface area contributed by atoms with Crippen molar-refractivity contribution in [3.63, 3.8) is 0 Å². The molecule has 1 atom stereocenters. The van der Waals surface area contributed by atoms with Crippen LogP contribution in [-0.2, 0) is 16.1 Å². The van der Waals surface area contributed by atoms with Crippen molar-refractivity contribution >= 4 is 17.6 Å². The van der Waals surface area contributed by atoms with Crippen molar-refractivity contribution in [3.8, 4) is 0 Å². The Bertz CT molecular complexity index is 694. The number of nitrogens with one attached hydrogen (secondary N) is 1. The monoisotopic (exact) mass is 315 g/mol. The van der Waals surface area contributed by atoms with Gasteiger partial charge in [-0.2, -0.15) is 5.10 Å². The van der Waals surface area contributed by atoms with E-state index < -0.39 is 6.04 Å². The number of anilines is 1. The average molecular weight is 315 g/mol. The summed E-state index contributed by atoms with van der Waals surface area (Å²) in [5.41, 5.74) is 7.25. The first kappa shape index (κ1) is 16.5. The van der Waals surface area contributed by atoms with Gasteiger partial charge >= 0.3 is 0 Å². The van der Waals surface area contributed by atoms with E-state index in [2.05, 4.69) is 10.4 Å². The number of hydrogen-bond acceptors (Lipinski definition) is 4. The molecule has 2 aromatic rings. The second-order valence-electron chi connectivity index (χ2n) is 5.51. The predicted molar refractivity (Wildman–Crippen MR) is 87.4 cm³/mol. The van der Waals surface area contributed by atoms with E-state index in [1.807, 2.05) is 18.2 Å². The molecule has 0 unspecified atom stereocenters. The van der Waals surface area contributed by atoms with Gasteiger partial charge in [0.15, 0.2) is 0 Å². The fourth-order valence-corrected chi connectivity index (χ4v) is 2.23. The van der Waals surface area contributed by atoms with Crippen LogP contribution < -0.4 is 11.1 Å². The van der Waals surface area contributed by atoms with E-state index >= 15 is 0 Å². The van der Waals surface area contributed by atoms with Crippen molar-refractivity contribution in [1.29, 1.82) is 0 Å². The summed E-state index contributed by atoms with van der Waals surface area (Å²) in [5.74, 6) is -0.120. The van der Waals surface area contributed by atoms with Crippen LogP contribution in [0, 0.1) is 6.92 Å². The zero-order chi connectivity index (χ0) is 17.0. The highest BCUT2D eigenvalue weighted by Gasteiger charge is 2.24. The fourth-order valence-electron chi connectivity index (χ4n) is 2.23. The molecule has 2 rings (SSSR count). The number of nitrogen functional groups attached to an aromatic ring is 1. The van der Waals surface area contributed by atoms with Gasteiger partial charge in [0.2, 0.25) is 11.8 Å². The molecule has 122 valence electrons. The van der Waals surface area contributed by atoms with E-state index in [4.69, 9.17) is 5.73 Å². The van der Waals surface area contributed by atoms with Crippen LogP contribution in [0.2, 0.25) is 0 Å². The van der Waals surface area contributed by atoms with Gasteiger partial charge in [-0.25, -0.2) is 4.68 Å². The van der Waals surface area contributed by atoms with Crippen LogP contribution in [0.15, 0.2) is 36.4 Å². The average Bonchev–Trinajstić information content (AvgIpc) is 2.82. The largest absolute Gasteiger partial charge is 0.384 e. The van der Waals surface area contributed by atoms with Crippen LogP contribution in [-0.4, -0.2) is 40.6 Å². The van der Waals surface area contributed by atoms with E-state index in [9.17, 15) is 9.59 Å². The first-order chi connectivity index (χ1) is 10.9. The number of carbonyl (C=O) groups excluding carboxylic acids is 2. The predicted octanol–water partition coefficient (Wildman–Crippen LogP) is 0.719. The summed E-state index contributed by atoms with van der Waals surface area (Å²) >= 11 is 0. The summed E-state index contributed by atoms with van der Waals surface area (Å²) in [6.45, 7) is 1.76. The van der Waals surface area contributed by atoms with Crippen molar-refractivity contribution in [2.75, 3.05) is 19.8 Å². The van der Waals surface area contributed by atoms with Crippen molar-refractivity contribution in [2.45, 2.75) is 19.5 Å². The number of hydrogen-bond donors (Lipinski definition) is 2. The maximum Gasteiger partial charge on any atom is 0.249 e. The molecule has 0 aliphatic rings. The number of aryl methyl sites for hydroxylation is 1. The lowest BCUT2D eigenvalue weighted by Crippen LogP contribution is -2.41. The van der Waals surface area contributed by atoms with Gasteiger partial charge in [0, 0.05) is 20.2 Å². The van der Waals surface area contributed by atoms with Gasteiger partial charge in [-0.05, 0) is 12.5 Å². The van der Waals surface area contributed by atoms with Crippen molar-refractivity contribution in [2.24, 2.45) is 0 Å². The molecule has 2 amide bonds. The third-order valence-electron chi connectivity index (χ3n) is 3.35. The smallest absolute Gasteiger partial charge is 0.249 e. The molecule has 7 heteroatoms.